The number of nitrogens with zero attached hydrogens (tertiary/aromatic N) is 4. The van der Waals surface area contributed by atoms with E-state index >= 15 is 4.39 Å². The minimum Gasteiger partial charge on any atom is -0.494 e. The van der Waals surface area contributed by atoms with E-state index in [1.807, 2.05) is 43.6 Å². The molecule has 4 rings (SSSR count). The summed E-state index contributed by atoms with van der Waals surface area (Å²) in [5.74, 6) is -0.355. The lowest BCUT2D eigenvalue weighted by Crippen LogP contribution is -2.00. The number of anilines is 1. The lowest BCUT2D eigenvalue weighted by atomic mass is 10.0. The third kappa shape index (κ3) is 2.45. The van der Waals surface area contributed by atoms with Crippen LogP contribution in [0.4, 0.5) is 10.1 Å². The maximum atomic E-state index is 15.0. The first-order valence-corrected chi connectivity index (χ1v) is 7.96. The standard InChI is InChI=1S/C19H16FN5O/c1-25-9-12(18(24-25)11-6-4-3-5-7-11)19-15-13(22-10-23-19)8-14(26-2)17(21)16(15)20/h3-10H,21H2,1-2H3. The number of benzene rings is 2. The Morgan fingerprint density at radius 3 is 2.62 bits per heavy atom. The maximum absolute atomic E-state index is 15.0. The van der Waals surface area contributed by atoms with Gasteiger partial charge in [0.25, 0.3) is 0 Å². The first-order chi connectivity index (χ1) is 12.6. The molecule has 0 saturated carbocycles. The molecule has 2 aromatic heterocycles. The van der Waals surface area contributed by atoms with Gasteiger partial charge in [0.1, 0.15) is 23.5 Å². The molecule has 7 heteroatoms. The van der Waals surface area contributed by atoms with Crippen LogP contribution in [-0.2, 0) is 7.05 Å². The van der Waals surface area contributed by atoms with E-state index in [9.17, 15) is 0 Å². The smallest absolute Gasteiger partial charge is 0.161 e. The summed E-state index contributed by atoms with van der Waals surface area (Å²) in [4.78, 5) is 8.51. The lowest BCUT2D eigenvalue weighted by Gasteiger charge is -2.11. The van der Waals surface area contributed by atoms with Crippen LogP contribution in [0, 0.1) is 5.82 Å². The van der Waals surface area contributed by atoms with Crippen molar-refractivity contribution in [3.63, 3.8) is 0 Å². The van der Waals surface area contributed by atoms with Crippen molar-refractivity contribution in [3.05, 3.63) is 54.7 Å². The summed E-state index contributed by atoms with van der Waals surface area (Å²) in [6, 6.07) is 11.3. The molecule has 130 valence electrons. The van der Waals surface area contributed by atoms with Gasteiger partial charge in [-0.3, -0.25) is 4.68 Å². The van der Waals surface area contributed by atoms with Crippen LogP contribution in [0.5, 0.6) is 5.75 Å². The van der Waals surface area contributed by atoms with E-state index in [2.05, 4.69) is 15.1 Å². The number of ether oxygens (including phenoxy) is 1. The van der Waals surface area contributed by atoms with Gasteiger partial charge < -0.3 is 10.5 Å². The number of hydrogen-bond donors (Lipinski definition) is 1. The van der Waals surface area contributed by atoms with Crippen LogP contribution < -0.4 is 10.5 Å². The number of fused-ring (bicyclic) bond motifs is 1. The number of halogens is 1. The first-order valence-electron chi connectivity index (χ1n) is 7.96. The number of nitrogens with two attached hydrogens (primary N) is 1. The molecule has 0 amide bonds. The molecule has 0 fully saturated rings. The molecule has 4 aromatic rings. The Bertz CT molecular complexity index is 1110. The monoisotopic (exact) mass is 349 g/mol. The Hall–Kier alpha value is -3.48. The molecule has 0 bridgehead atoms. The second kappa shape index (κ2) is 6.11. The molecule has 2 N–H and O–H groups in total. The summed E-state index contributed by atoms with van der Waals surface area (Å²) in [5, 5.41) is 4.77. The van der Waals surface area contributed by atoms with E-state index < -0.39 is 5.82 Å². The Kier molecular flexibility index (Phi) is 3.76. The second-order valence-electron chi connectivity index (χ2n) is 5.85. The quantitative estimate of drug-likeness (QED) is 0.573. The molecular weight excluding hydrogens is 333 g/mol. The summed E-state index contributed by atoms with van der Waals surface area (Å²) in [6.45, 7) is 0. The van der Waals surface area contributed by atoms with Crippen molar-refractivity contribution in [2.24, 2.45) is 7.05 Å². The van der Waals surface area contributed by atoms with E-state index in [4.69, 9.17) is 10.5 Å². The van der Waals surface area contributed by atoms with Crippen LogP contribution >= 0.6 is 0 Å². The Morgan fingerprint density at radius 1 is 1.12 bits per heavy atom. The molecule has 0 aliphatic rings. The largest absolute Gasteiger partial charge is 0.494 e. The Balaban J connectivity index is 2.04. The molecule has 0 aliphatic carbocycles. The van der Waals surface area contributed by atoms with Crippen LogP contribution in [0.2, 0.25) is 0 Å². The normalized spacial score (nSPS) is 11.0. The van der Waals surface area contributed by atoms with Crippen LogP contribution in [0.25, 0.3) is 33.4 Å². The number of hydrogen-bond acceptors (Lipinski definition) is 5. The van der Waals surface area contributed by atoms with Crippen LogP contribution in [0.15, 0.2) is 48.9 Å². The van der Waals surface area contributed by atoms with Gasteiger partial charge in [-0.1, -0.05) is 30.3 Å². The third-order valence-corrected chi connectivity index (χ3v) is 4.22. The van der Waals surface area contributed by atoms with Crippen molar-refractivity contribution in [1.29, 1.82) is 0 Å². The van der Waals surface area contributed by atoms with Crippen molar-refractivity contribution in [3.8, 4) is 28.3 Å². The van der Waals surface area contributed by atoms with E-state index in [1.54, 1.807) is 10.7 Å². The fourth-order valence-electron chi connectivity index (χ4n) is 3.01. The highest BCUT2D eigenvalue weighted by Crippen LogP contribution is 2.38. The minimum atomic E-state index is -0.599. The summed E-state index contributed by atoms with van der Waals surface area (Å²) in [6.07, 6.45) is 3.21. The molecule has 0 radical (unpaired) electrons. The van der Waals surface area contributed by atoms with Crippen molar-refractivity contribution in [1.82, 2.24) is 19.7 Å². The fourth-order valence-corrected chi connectivity index (χ4v) is 3.01. The van der Waals surface area contributed by atoms with Crippen LogP contribution in [0.1, 0.15) is 0 Å². The van der Waals surface area contributed by atoms with Gasteiger partial charge >= 0.3 is 0 Å². The van der Waals surface area contributed by atoms with Gasteiger partial charge in [0, 0.05) is 30.4 Å². The van der Waals surface area contributed by atoms with E-state index in [1.165, 1.54) is 13.4 Å². The van der Waals surface area contributed by atoms with Crippen LogP contribution in [0.3, 0.4) is 0 Å². The molecule has 2 heterocycles. The van der Waals surface area contributed by atoms with E-state index in [-0.39, 0.29) is 16.8 Å². The average molecular weight is 349 g/mol. The molecule has 0 aliphatic heterocycles. The van der Waals surface area contributed by atoms with Gasteiger partial charge in [-0.05, 0) is 0 Å². The highest BCUT2D eigenvalue weighted by atomic mass is 19.1. The number of nitrogen functional groups attached to an aromatic ring is 1. The van der Waals surface area contributed by atoms with Crippen molar-refractivity contribution >= 4 is 16.6 Å². The molecule has 0 saturated heterocycles. The molecule has 0 unspecified atom stereocenters. The topological polar surface area (TPSA) is 78.9 Å². The average Bonchev–Trinajstić information content (AvgIpc) is 3.06. The fraction of sp³-hybridized carbons (Fsp3) is 0.105. The molecule has 26 heavy (non-hydrogen) atoms. The van der Waals surface area contributed by atoms with Crippen molar-refractivity contribution in [2.75, 3.05) is 12.8 Å². The lowest BCUT2D eigenvalue weighted by molar-refractivity contribution is 0.415. The number of rotatable bonds is 3. The van der Waals surface area contributed by atoms with Gasteiger partial charge in [0.2, 0.25) is 0 Å². The SMILES string of the molecule is COc1cc2ncnc(-c3cn(C)nc3-c3ccccc3)c2c(F)c1N. The molecular formula is C19H16FN5O. The first kappa shape index (κ1) is 16.0. The third-order valence-electron chi connectivity index (χ3n) is 4.22. The zero-order chi connectivity index (χ0) is 18.3. The van der Waals surface area contributed by atoms with Crippen molar-refractivity contribution in [2.45, 2.75) is 0 Å². The molecule has 6 nitrogen and oxygen atoms in total. The zero-order valence-electron chi connectivity index (χ0n) is 14.3. The van der Waals surface area contributed by atoms with Gasteiger partial charge in [-0.25, -0.2) is 14.4 Å². The summed E-state index contributed by atoms with van der Waals surface area (Å²) in [5.41, 5.74) is 9.00. The second-order valence-corrected chi connectivity index (χ2v) is 5.85. The van der Waals surface area contributed by atoms with Gasteiger partial charge in [0.05, 0.1) is 23.7 Å². The van der Waals surface area contributed by atoms with Crippen LogP contribution in [-0.4, -0.2) is 26.9 Å². The molecule has 0 spiro atoms. The number of aryl methyl sites for hydroxylation is 1. The maximum Gasteiger partial charge on any atom is 0.161 e. The van der Waals surface area contributed by atoms with Gasteiger partial charge in [-0.2, -0.15) is 5.10 Å². The highest BCUT2D eigenvalue weighted by Gasteiger charge is 2.21. The highest BCUT2D eigenvalue weighted by molar-refractivity contribution is 5.98. The van der Waals surface area contributed by atoms with Gasteiger partial charge in [0.15, 0.2) is 5.82 Å². The predicted molar refractivity (Wildman–Crippen MR) is 98.1 cm³/mol. The zero-order valence-corrected chi connectivity index (χ0v) is 14.3. The Labute approximate surface area is 149 Å². The number of methoxy groups -OCH3 is 1. The summed E-state index contributed by atoms with van der Waals surface area (Å²) < 4.78 is 21.8. The Morgan fingerprint density at radius 2 is 1.88 bits per heavy atom. The summed E-state index contributed by atoms with van der Waals surface area (Å²) >= 11 is 0. The predicted octanol–water partition coefficient (Wildman–Crippen LogP) is 3.43. The molecule has 2 aromatic carbocycles. The van der Waals surface area contributed by atoms with E-state index in [0.29, 0.717) is 22.5 Å². The van der Waals surface area contributed by atoms with E-state index in [0.717, 1.165) is 5.56 Å². The summed E-state index contributed by atoms with van der Waals surface area (Å²) in [7, 11) is 3.25. The van der Waals surface area contributed by atoms with Gasteiger partial charge in [-0.15, -0.1) is 0 Å². The molecule has 0 atom stereocenters. The number of aromatic nitrogens is 4. The minimum absolute atomic E-state index is 0.0683. The van der Waals surface area contributed by atoms with Crippen molar-refractivity contribution < 1.29 is 9.13 Å².